The van der Waals surface area contributed by atoms with E-state index in [2.05, 4.69) is 5.10 Å². The van der Waals surface area contributed by atoms with Gasteiger partial charge in [0.05, 0.1) is 5.69 Å². The van der Waals surface area contributed by atoms with Gasteiger partial charge in [-0.25, -0.2) is 4.39 Å². The lowest BCUT2D eigenvalue weighted by atomic mass is 10.1. The van der Waals surface area contributed by atoms with E-state index in [4.69, 9.17) is 0 Å². The molecular formula is C22H26FN5O3. The summed E-state index contributed by atoms with van der Waals surface area (Å²) in [5.74, 6) is -0.755. The van der Waals surface area contributed by atoms with Gasteiger partial charge in [-0.15, -0.1) is 0 Å². The Morgan fingerprint density at radius 2 is 1.97 bits per heavy atom. The maximum Gasteiger partial charge on any atom is 0.246 e. The van der Waals surface area contributed by atoms with E-state index >= 15 is 0 Å². The smallest absolute Gasteiger partial charge is 0.246 e. The Labute approximate surface area is 180 Å². The van der Waals surface area contributed by atoms with E-state index in [0.29, 0.717) is 31.6 Å². The molecule has 0 saturated carbocycles. The summed E-state index contributed by atoms with van der Waals surface area (Å²) in [5.41, 5.74) is 2.41. The number of nitrogens with zero attached hydrogens (tertiary/aromatic N) is 5. The zero-order valence-corrected chi connectivity index (χ0v) is 17.8. The molecule has 3 heterocycles. The van der Waals surface area contributed by atoms with Crippen LogP contribution in [-0.4, -0.2) is 74.4 Å². The Hall–Kier alpha value is -3.23. The van der Waals surface area contributed by atoms with Gasteiger partial charge in [0.25, 0.3) is 0 Å². The SMILES string of the molecule is Cc1cc(C)n(CC(=O)N2CCC3C(=O)N(Cc4cccc(F)c4)CC(=O)N3CC2)n1. The predicted octanol–water partition coefficient (Wildman–Crippen LogP) is 1.11. The van der Waals surface area contributed by atoms with E-state index in [0.717, 1.165) is 11.4 Å². The Morgan fingerprint density at radius 3 is 2.68 bits per heavy atom. The molecule has 1 atom stereocenters. The lowest BCUT2D eigenvalue weighted by molar-refractivity contribution is -0.156. The van der Waals surface area contributed by atoms with Crippen LogP contribution in [0.2, 0.25) is 0 Å². The van der Waals surface area contributed by atoms with Crippen LogP contribution in [0.15, 0.2) is 30.3 Å². The first-order chi connectivity index (χ1) is 14.8. The number of amides is 3. The van der Waals surface area contributed by atoms with E-state index in [-0.39, 0.29) is 43.2 Å². The van der Waals surface area contributed by atoms with Crippen LogP contribution in [0, 0.1) is 19.7 Å². The van der Waals surface area contributed by atoms with Crippen LogP contribution in [0.1, 0.15) is 23.4 Å². The number of rotatable bonds is 4. The topological polar surface area (TPSA) is 78.8 Å². The van der Waals surface area contributed by atoms with Gasteiger partial charge < -0.3 is 14.7 Å². The second kappa shape index (κ2) is 8.49. The predicted molar refractivity (Wildman–Crippen MR) is 110 cm³/mol. The van der Waals surface area contributed by atoms with E-state index in [9.17, 15) is 18.8 Å². The summed E-state index contributed by atoms with van der Waals surface area (Å²) in [6.07, 6.45) is 0.382. The highest BCUT2D eigenvalue weighted by molar-refractivity contribution is 5.95. The summed E-state index contributed by atoms with van der Waals surface area (Å²) >= 11 is 0. The van der Waals surface area contributed by atoms with E-state index in [1.54, 1.807) is 26.6 Å². The Bertz CT molecular complexity index is 1020. The third-order valence-corrected chi connectivity index (χ3v) is 5.91. The molecule has 1 aromatic carbocycles. The van der Waals surface area contributed by atoms with Crippen molar-refractivity contribution in [3.05, 3.63) is 53.1 Å². The minimum absolute atomic E-state index is 0.0362. The minimum Gasteiger partial charge on any atom is -0.339 e. The second-order valence-corrected chi connectivity index (χ2v) is 8.18. The van der Waals surface area contributed by atoms with Crippen molar-refractivity contribution >= 4 is 17.7 Å². The van der Waals surface area contributed by atoms with Crippen LogP contribution in [0.3, 0.4) is 0 Å². The number of piperazine rings is 1. The summed E-state index contributed by atoms with van der Waals surface area (Å²) < 4.78 is 15.2. The maximum atomic E-state index is 13.5. The highest BCUT2D eigenvalue weighted by Gasteiger charge is 2.41. The average Bonchev–Trinajstić information content (AvgIpc) is 2.91. The normalized spacial score (nSPS) is 19.5. The Kier molecular flexibility index (Phi) is 5.75. The Balaban J connectivity index is 1.43. The van der Waals surface area contributed by atoms with Crippen LogP contribution in [-0.2, 0) is 27.5 Å². The van der Waals surface area contributed by atoms with Gasteiger partial charge in [-0.05, 0) is 44.0 Å². The van der Waals surface area contributed by atoms with Gasteiger partial charge in [-0.1, -0.05) is 12.1 Å². The van der Waals surface area contributed by atoms with Crippen LogP contribution >= 0.6 is 0 Å². The quantitative estimate of drug-likeness (QED) is 0.732. The molecule has 31 heavy (non-hydrogen) atoms. The summed E-state index contributed by atoms with van der Waals surface area (Å²) in [6.45, 7) is 5.18. The van der Waals surface area contributed by atoms with Crippen molar-refractivity contribution in [1.29, 1.82) is 0 Å². The first kappa shape index (κ1) is 21.0. The molecule has 2 saturated heterocycles. The van der Waals surface area contributed by atoms with Gasteiger partial charge in [-0.3, -0.25) is 19.1 Å². The van der Waals surface area contributed by atoms with Crippen LogP contribution in [0.25, 0.3) is 0 Å². The number of benzene rings is 1. The molecule has 0 spiro atoms. The number of hydrogen-bond donors (Lipinski definition) is 0. The highest BCUT2D eigenvalue weighted by atomic mass is 19.1. The zero-order valence-electron chi connectivity index (χ0n) is 17.8. The third-order valence-electron chi connectivity index (χ3n) is 5.91. The number of carbonyl (C=O) groups excluding carboxylic acids is 3. The van der Waals surface area contributed by atoms with Crippen molar-refractivity contribution in [2.75, 3.05) is 26.2 Å². The first-order valence-corrected chi connectivity index (χ1v) is 10.4. The number of aromatic nitrogens is 2. The Morgan fingerprint density at radius 1 is 1.16 bits per heavy atom. The highest BCUT2D eigenvalue weighted by Crippen LogP contribution is 2.21. The molecule has 2 aliphatic heterocycles. The van der Waals surface area contributed by atoms with Crippen molar-refractivity contribution in [2.45, 2.75) is 39.4 Å². The van der Waals surface area contributed by atoms with Crippen molar-refractivity contribution in [3.8, 4) is 0 Å². The average molecular weight is 427 g/mol. The van der Waals surface area contributed by atoms with Gasteiger partial charge in [-0.2, -0.15) is 5.10 Å². The summed E-state index contributed by atoms with van der Waals surface area (Å²) in [6, 6.07) is 7.36. The molecule has 8 nitrogen and oxygen atoms in total. The van der Waals surface area contributed by atoms with Crippen LogP contribution in [0.4, 0.5) is 4.39 Å². The fourth-order valence-corrected chi connectivity index (χ4v) is 4.33. The molecule has 2 aliphatic rings. The van der Waals surface area contributed by atoms with Gasteiger partial charge in [0.2, 0.25) is 17.7 Å². The molecule has 9 heteroatoms. The largest absolute Gasteiger partial charge is 0.339 e. The van der Waals surface area contributed by atoms with Gasteiger partial charge in [0, 0.05) is 31.9 Å². The molecule has 3 amide bonds. The summed E-state index contributed by atoms with van der Waals surface area (Å²) in [4.78, 5) is 43.4. The number of fused-ring (bicyclic) bond motifs is 1. The number of halogens is 1. The molecule has 1 aromatic heterocycles. The molecule has 4 rings (SSSR count). The van der Waals surface area contributed by atoms with E-state index < -0.39 is 6.04 Å². The van der Waals surface area contributed by atoms with Crippen LogP contribution in [0.5, 0.6) is 0 Å². The molecule has 0 radical (unpaired) electrons. The van der Waals surface area contributed by atoms with Crippen LogP contribution < -0.4 is 0 Å². The van der Waals surface area contributed by atoms with Crippen molar-refractivity contribution < 1.29 is 18.8 Å². The maximum absolute atomic E-state index is 13.5. The third kappa shape index (κ3) is 4.45. The second-order valence-electron chi connectivity index (χ2n) is 8.18. The fourth-order valence-electron chi connectivity index (χ4n) is 4.33. The number of aryl methyl sites for hydroxylation is 2. The van der Waals surface area contributed by atoms with Gasteiger partial charge >= 0.3 is 0 Å². The number of hydrogen-bond acceptors (Lipinski definition) is 4. The lowest BCUT2D eigenvalue weighted by Crippen LogP contribution is -2.59. The molecule has 2 aromatic rings. The molecular weight excluding hydrogens is 401 g/mol. The fraction of sp³-hybridized carbons (Fsp3) is 0.455. The monoisotopic (exact) mass is 427 g/mol. The molecule has 0 bridgehead atoms. The molecule has 164 valence electrons. The van der Waals surface area contributed by atoms with Gasteiger partial charge in [0.15, 0.2) is 0 Å². The lowest BCUT2D eigenvalue weighted by Gasteiger charge is -2.39. The molecule has 1 unspecified atom stereocenters. The summed E-state index contributed by atoms with van der Waals surface area (Å²) in [7, 11) is 0. The van der Waals surface area contributed by atoms with Gasteiger partial charge in [0.1, 0.15) is 24.9 Å². The summed E-state index contributed by atoms with van der Waals surface area (Å²) in [5, 5.41) is 4.34. The number of carbonyl (C=O) groups is 3. The van der Waals surface area contributed by atoms with E-state index in [1.165, 1.54) is 17.0 Å². The molecule has 0 N–H and O–H groups in total. The van der Waals surface area contributed by atoms with E-state index in [1.807, 2.05) is 19.9 Å². The van der Waals surface area contributed by atoms with Crippen molar-refractivity contribution in [1.82, 2.24) is 24.5 Å². The van der Waals surface area contributed by atoms with Crippen molar-refractivity contribution in [2.24, 2.45) is 0 Å². The minimum atomic E-state index is -0.596. The van der Waals surface area contributed by atoms with Crippen molar-refractivity contribution in [3.63, 3.8) is 0 Å². The first-order valence-electron chi connectivity index (χ1n) is 10.4. The molecule has 2 fully saturated rings. The zero-order chi connectivity index (χ0) is 22.1. The molecule has 0 aliphatic carbocycles. The standard InChI is InChI=1S/C22H26FN5O3/c1-15-10-16(2)28(24-15)14-20(29)25-7-6-19-22(31)26(13-21(30)27(19)9-8-25)12-17-4-3-5-18(23)11-17/h3-5,10-11,19H,6-9,12-14H2,1-2H3.